The molecule has 0 amide bonds. The van der Waals surface area contributed by atoms with E-state index >= 15 is 0 Å². The first-order valence-electron chi connectivity index (χ1n) is 10.1. The summed E-state index contributed by atoms with van der Waals surface area (Å²) < 4.78 is 51.1. The summed E-state index contributed by atoms with van der Waals surface area (Å²) in [6.45, 7) is 1.74. The number of carbonyl (C=O) groups excluding carboxylic acids is 1. The number of nitriles is 1. The molecule has 2 aromatic carbocycles. The van der Waals surface area contributed by atoms with Crippen molar-refractivity contribution in [2.24, 2.45) is 0 Å². The van der Waals surface area contributed by atoms with Gasteiger partial charge in [-0.15, -0.1) is 0 Å². The number of ketones is 1. The maximum Gasteiger partial charge on any atom is 0.419 e. The molecule has 0 radical (unpaired) electrons. The number of carbonyl (C=O) groups is 1. The second-order valence-electron chi connectivity index (χ2n) is 7.70. The summed E-state index contributed by atoms with van der Waals surface area (Å²) in [5.41, 5.74) is -2.49. The van der Waals surface area contributed by atoms with Gasteiger partial charge in [-0.05, 0) is 36.8 Å². The maximum absolute atomic E-state index is 14.9. The van der Waals surface area contributed by atoms with E-state index in [0.717, 1.165) is 5.56 Å². The fourth-order valence-electron chi connectivity index (χ4n) is 3.78. The number of halogens is 4. The summed E-state index contributed by atoms with van der Waals surface area (Å²) in [4.78, 5) is 17.5. The number of ether oxygens (including phenoxy) is 1. The molecule has 172 valence electrons. The topological polar surface area (TPSA) is 75.0 Å². The van der Waals surface area contributed by atoms with Crippen LogP contribution >= 0.6 is 15.9 Å². The first-order chi connectivity index (χ1) is 16.2. The summed E-state index contributed by atoms with van der Waals surface area (Å²) >= 11 is 3.25. The highest BCUT2D eigenvalue weighted by atomic mass is 79.9. The van der Waals surface area contributed by atoms with Crippen molar-refractivity contribution in [1.29, 1.82) is 5.26 Å². The fourth-order valence-corrected chi connectivity index (χ4v) is 4.04. The van der Waals surface area contributed by atoms with Crippen molar-refractivity contribution >= 4 is 27.3 Å². The molecule has 2 atom stereocenters. The number of allylic oxidation sites excluding steroid dienone is 1. The third kappa shape index (κ3) is 4.05. The summed E-state index contributed by atoms with van der Waals surface area (Å²) in [6, 6.07) is 18.1. The zero-order valence-electron chi connectivity index (χ0n) is 17.7. The SMILES string of the molecule is Cc1ccc([C@@]2(C(F)(F)F)N/C(=C(/C#N)c3ccccn3)O[C@H]2C(=O)c2ccc(Br)cc2)cc1. The summed E-state index contributed by atoms with van der Waals surface area (Å²) in [6.07, 6.45) is -5.59. The van der Waals surface area contributed by atoms with Gasteiger partial charge in [0, 0.05) is 16.2 Å². The van der Waals surface area contributed by atoms with Gasteiger partial charge in [-0.25, -0.2) is 0 Å². The van der Waals surface area contributed by atoms with Gasteiger partial charge in [-0.1, -0.05) is 64.0 Å². The molecule has 0 spiro atoms. The Labute approximate surface area is 202 Å². The Morgan fingerprint density at radius 1 is 1.12 bits per heavy atom. The molecular formula is C25H17BrF3N3O2. The van der Waals surface area contributed by atoms with Gasteiger partial charge in [0.25, 0.3) is 0 Å². The van der Waals surface area contributed by atoms with Crippen LogP contribution in [0.1, 0.15) is 27.2 Å². The molecule has 9 heteroatoms. The van der Waals surface area contributed by atoms with Crippen LogP contribution in [-0.2, 0) is 10.3 Å². The van der Waals surface area contributed by atoms with Crippen LogP contribution in [-0.4, -0.2) is 23.0 Å². The van der Waals surface area contributed by atoms with Crippen molar-refractivity contribution in [2.45, 2.75) is 24.7 Å². The van der Waals surface area contributed by atoms with Gasteiger partial charge in [0.2, 0.25) is 17.2 Å². The number of benzene rings is 2. The molecule has 0 unspecified atom stereocenters. The van der Waals surface area contributed by atoms with Gasteiger partial charge >= 0.3 is 6.18 Å². The Hall–Kier alpha value is -3.64. The quantitative estimate of drug-likeness (QED) is 0.349. The molecule has 1 fully saturated rings. The van der Waals surface area contributed by atoms with Crippen LogP contribution < -0.4 is 5.32 Å². The first kappa shape index (κ1) is 23.5. The largest absolute Gasteiger partial charge is 0.463 e. The van der Waals surface area contributed by atoms with E-state index in [-0.39, 0.29) is 22.4 Å². The predicted octanol–water partition coefficient (Wildman–Crippen LogP) is 5.67. The zero-order valence-corrected chi connectivity index (χ0v) is 19.3. The number of pyridine rings is 1. The Balaban J connectivity index is 1.95. The monoisotopic (exact) mass is 527 g/mol. The molecule has 3 aromatic rings. The highest BCUT2D eigenvalue weighted by molar-refractivity contribution is 9.10. The lowest BCUT2D eigenvalue weighted by atomic mass is 9.80. The Bertz CT molecular complexity index is 1280. The lowest BCUT2D eigenvalue weighted by Crippen LogP contribution is -2.58. The van der Waals surface area contributed by atoms with Gasteiger partial charge in [-0.2, -0.15) is 18.4 Å². The number of nitrogens with one attached hydrogen (secondary N) is 1. The van der Waals surface area contributed by atoms with E-state index in [1.54, 1.807) is 31.2 Å². The number of hydrogen-bond donors (Lipinski definition) is 1. The molecule has 0 bridgehead atoms. The normalized spacial score (nSPS) is 21.2. The predicted molar refractivity (Wildman–Crippen MR) is 122 cm³/mol. The van der Waals surface area contributed by atoms with Crippen LogP contribution in [0.25, 0.3) is 5.57 Å². The minimum absolute atomic E-state index is 0.0355. The highest BCUT2D eigenvalue weighted by Gasteiger charge is 2.68. The minimum atomic E-state index is -4.97. The Morgan fingerprint density at radius 3 is 2.35 bits per heavy atom. The average Bonchev–Trinajstić information content (AvgIpc) is 3.22. The molecule has 1 aromatic heterocycles. The summed E-state index contributed by atoms with van der Waals surface area (Å²) in [5.74, 6) is -1.35. The number of Topliss-reactive ketones (excluding diaryl/α,β-unsaturated/α-hetero) is 1. The lowest BCUT2D eigenvalue weighted by molar-refractivity contribution is -0.204. The fraction of sp³-hybridized carbons (Fsp3) is 0.160. The van der Waals surface area contributed by atoms with Crippen molar-refractivity contribution in [1.82, 2.24) is 10.3 Å². The average molecular weight is 528 g/mol. The van der Waals surface area contributed by atoms with Crippen molar-refractivity contribution in [3.8, 4) is 6.07 Å². The molecule has 5 nitrogen and oxygen atoms in total. The molecule has 1 aliphatic heterocycles. The van der Waals surface area contributed by atoms with Crippen LogP contribution in [0.5, 0.6) is 0 Å². The second-order valence-corrected chi connectivity index (χ2v) is 8.61. The van der Waals surface area contributed by atoms with E-state index in [4.69, 9.17) is 4.74 Å². The van der Waals surface area contributed by atoms with Crippen molar-refractivity contribution in [2.75, 3.05) is 0 Å². The first-order valence-corrected chi connectivity index (χ1v) is 10.9. The van der Waals surface area contributed by atoms with E-state index in [2.05, 4.69) is 26.2 Å². The zero-order chi connectivity index (χ0) is 24.5. The molecule has 0 saturated carbocycles. The van der Waals surface area contributed by atoms with Gasteiger partial charge < -0.3 is 10.1 Å². The maximum atomic E-state index is 14.9. The van der Waals surface area contributed by atoms with Crippen LogP contribution in [0.3, 0.4) is 0 Å². The molecule has 34 heavy (non-hydrogen) atoms. The van der Waals surface area contributed by atoms with Crippen molar-refractivity contribution in [3.63, 3.8) is 0 Å². The molecule has 1 aliphatic rings. The smallest absolute Gasteiger partial charge is 0.419 e. The van der Waals surface area contributed by atoms with Crippen LogP contribution in [0.2, 0.25) is 0 Å². The van der Waals surface area contributed by atoms with Crippen LogP contribution in [0.4, 0.5) is 13.2 Å². The second kappa shape index (κ2) is 8.95. The van der Waals surface area contributed by atoms with Gasteiger partial charge in [0.15, 0.2) is 6.10 Å². The van der Waals surface area contributed by atoms with E-state index in [1.807, 2.05) is 6.07 Å². The third-order valence-corrected chi connectivity index (χ3v) is 6.05. The standard InChI is InChI=1S/C25H17BrF3N3O2/c1-15-5-9-17(10-6-15)24(25(27,28)29)22(21(33)16-7-11-18(26)12-8-16)34-23(32-24)19(14-30)20-4-2-3-13-31-20/h2-13,22,32H,1H3/b23-19+/t22-,24+/m0/s1. The van der Waals surface area contributed by atoms with E-state index in [9.17, 15) is 23.2 Å². The number of alkyl halides is 3. The Morgan fingerprint density at radius 2 is 1.79 bits per heavy atom. The molecule has 1 saturated heterocycles. The number of nitrogens with zero attached hydrogens (tertiary/aromatic N) is 2. The third-order valence-electron chi connectivity index (χ3n) is 5.52. The summed E-state index contributed by atoms with van der Waals surface area (Å²) in [5, 5.41) is 12.1. The number of aryl methyl sites for hydroxylation is 1. The number of hydrogen-bond acceptors (Lipinski definition) is 5. The van der Waals surface area contributed by atoms with E-state index in [0.29, 0.717) is 4.47 Å². The molecule has 1 N–H and O–H groups in total. The highest BCUT2D eigenvalue weighted by Crippen LogP contribution is 2.49. The molecule has 0 aliphatic carbocycles. The minimum Gasteiger partial charge on any atom is -0.463 e. The molecule has 4 rings (SSSR count). The number of rotatable bonds is 4. The molecular weight excluding hydrogens is 511 g/mol. The lowest BCUT2D eigenvalue weighted by Gasteiger charge is -2.34. The van der Waals surface area contributed by atoms with Gasteiger partial charge in [-0.3, -0.25) is 9.78 Å². The summed E-state index contributed by atoms with van der Waals surface area (Å²) in [7, 11) is 0. The Kier molecular flexibility index (Phi) is 6.19. The van der Waals surface area contributed by atoms with Crippen LogP contribution in [0.15, 0.2) is 83.3 Å². The van der Waals surface area contributed by atoms with Gasteiger partial charge in [0.1, 0.15) is 11.6 Å². The van der Waals surface area contributed by atoms with Gasteiger partial charge in [0.05, 0.1) is 5.69 Å². The number of aromatic nitrogens is 1. The van der Waals surface area contributed by atoms with Crippen molar-refractivity contribution in [3.05, 3.63) is 106 Å². The van der Waals surface area contributed by atoms with Crippen LogP contribution in [0, 0.1) is 18.3 Å². The molecule has 2 heterocycles. The van der Waals surface area contributed by atoms with E-state index in [1.165, 1.54) is 48.7 Å². The van der Waals surface area contributed by atoms with Crippen molar-refractivity contribution < 1.29 is 22.7 Å². The van der Waals surface area contributed by atoms with E-state index < -0.39 is 29.5 Å².